The monoisotopic (exact) mass is 270 g/mol. The number of anilines is 1. The Labute approximate surface area is 108 Å². The third-order valence-electron chi connectivity index (χ3n) is 2.77. The summed E-state index contributed by atoms with van der Waals surface area (Å²) in [5.74, 6) is 0. The topological polar surface area (TPSA) is 66.5 Å². The Balaban J connectivity index is 3.25. The summed E-state index contributed by atoms with van der Waals surface area (Å²) in [6.07, 6.45) is 0.538. The number of aryl methyl sites for hydroxylation is 1. The Morgan fingerprint density at radius 2 is 1.89 bits per heavy atom. The number of carbonyl (C=O) groups excluding carboxylic acids is 1. The Morgan fingerprint density at radius 1 is 1.28 bits per heavy atom. The van der Waals surface area contributed by atoms with Crippen molar-refractivity contribution in [2.75, 3.05) is 18.4 Å². The molecule has 18 heavy (non-hydrogen) atoms. The minimum Gasteiger partial charge on any atom is -0.328 e. The second kappa shape index (κ2) is 5.97. The first-order chi connectivity index (χ1) is 8.47. The van der Waals surface area contributed by atoms with Gasteiger partial charge in [0.15, 0.2) is 0 Å². The first-order valence-electron chi connectivity index (χ1n) is 5.78. The van der Waals surface area contributed by atoms with Crippen molar-refractivity contribution in [1.29, 1.82) is 0 Å². The van der Waals surface area contributed by atoms with Crippen molar-refractivity contribution in [2.45, 2.75) is 25.7 Å². The highest BCUT2D eigenvalue weighted by Crippen LogP contribution is 2.22. The Kier molecular flexibility index (Phi) is 4.86. The average molecular weight is 270 g/mol. The van der Waals surface area contributed by atoms with Crippen LogP contribution in [0.2, 0.25) is 0 Å². The highest BCUT2D eigenvalue weighted by molar-refractivity contribution is 7.89. The molecule has 0 aliphatic heterocycles. The quantitative estimate of drug-likeness (QED) is 0.798. The zero-order chi connectivity index (χ0) is 13.8. The molecule has 0 radical (unpaired) electrons. The van der Waals surface area contributed by atoms with E-state index in [0.717, 1.165) is 5.56 Å². The predicted molar refractivity (Wildman–Crippen MR) is 71.0 cm³/mol. The number of carbonyl (C=O) groups is 1. The Hall–Kier alpha value is -1.40. The first-order valence-corrected chi connectivity index (χ1v) is 7.22. The van der Waals surface area contributed by atoms with E-state index in [-0.39, 0.29) is 4.90 Å². The van der Waals surface area contributed by atoms with E-state index in [1.807, 2.05) is 0 Å². The molecule has 0 aromatic heterocycles. The van der Waals surface area contributed by atoms with E-state index in [9.17, 15) is 13.2 Å². The summed E-state index contributed by atoms with van der Waals surface area (Å²) >= 11 is 0. The van der Waals surface area contributed by atoms with Gasteiger partial charge in [-0.2, -0.15) is 4.31 Å². The third-order valence-corrected chi connectivity index (χ3v) is 4.81. The van der Waals surface area contributed by atoms with Crippen LogP contribution in [0.4, 0.5) is 5.69 Å². The molecule has 1 rings (SSSR count). The lowest BCUT2D eigenvalue weighted by Crippen LogP contribution is -2.30. The normalized spacial score (nSPS) is 11.6. The van der Waals surface area contributed by atoms with Crippen LogP contribution in [0.15, 0.2) is 23.1 Å². The summed E-state index contributed by atoms with van der Waals surface area (Å²) in [5.41, 5.74) is 1.33. The van der Waals surface area contributed by atoms with Gasteiger partial charge in [0.05, 0.1) is 4.90 Å². The lowest BCUT2D eigenvalue weighted by Gasteiger charge is -2.19. The fraction of sp³-hybridized carbons (Fsp3) is 0.417. The van der Waals surface area contributed by atoms with Gasteiger partial charge in [0.25, 0.3) is 0 Å². The van der Waals surface area contributed by atoms with Gasteiger partial charge in [0.1, 0.15) is 0 Å². The summed E-state index contributed by atoms with van der Waals surface area (Å²) < 4.78 is 25.9. The maximum atomic E-state index is 12.3. The maximum Gasteiger partial charge on any atom is 0.243 e. The summed E-state index contributed by atoms with van der Waals surface area (Å²) in [5, 5.41) is 2.50. The molecule has 0 fully saturated rings. The van der Waals surface area contributed by atoms with Crippen LogP contribution in [0.3, 0.4) is 0 Å². The molecular weight excluding hydrogens is 252 g/mol. The van der Waals surface area contributed by atoms with Crippen LogP contribution in [0.1, 0.15) is 19.4 Å². The zero-order valence-corrected chi connectivity index (χ0v) is 11.6. The molecule has 1 aromatic rings. The Bertz CT molecular complexity index is 522. The molecule has 0 heterocycles. The van der Waals surface area contributed by atoms with Gasteiger partial charge in [-0.25, -0.2) is 8.42 Å². The van der Waals surface area contributed by atoms with Crippen LogP contribution < -0.4 is 5.32 Å². The second-order valence-corrected chi connectivity index (χ2v) is 5.77. The molecule has 0 unspecified atom stereocenters. The largest absolute Gasteiger partial charge is 0.328 e. The molecular formula is C12H18N2O3S. The lowest BCUT2D eigenvalue weighted by atomic mass is 10.2. The fourth-order valence-corrected chi connectivity index (χ4v) is 3.18. The average Bonchev–Trinajstić information content (AvgIpc) is 2.33. The maximum absolute atomic E-state index is 12.3. The van der Waals surface area contributed by atoms with Crippen molar-refractivity contribution in [1.82, 2.24) is 4.31 Å². The number of hydrogen-bond acceptors (Lipinski definition) is 3. The summed E-state index contributed by atoms with van der Waals surface area (Å²) in [6.45, 7) is 6.23. The van der Waals surface area contributed by atoms with Crippen molar-refractivity contribution in [3.8, 4) is 0 Å². The van der Waals surface area contributed by atoms with Crippen molar-refractivity contribution in [3.05, 3.63) is 23.8 Å². The smallest absolute Gasteiger partial charge is 0.243 e. The van der Waals surface area contributed by atoms with Crippen molar-refractivity contribution in [2.24, 2.45) is 0 Å². The minimum absolute atomic E-state index is 0.196. The molecule has 1 N–H and O–H groups in total. The standard InChI is InChI=1S/C12H18N2O3S/c1-4-14(5-2)18(16,17)11-7-6-10(3)12(8-11)13-9-15/h6-9H,4-5H2,1-3H3,(H,13,15). The number of amides is 1. The van der Waals surface area contributed by atoms with Crippen LogP contribution >= 0.6 is 0 Å². The molecule has 0 saturated heterocycles. The lowest BCUT2D eigenvalue weighted by molar-refractivity contribution is -0.105. The van der Waals surface area contributed by atoms with Crippen molar-refractivity contribution >= 4 is 22.1 Å². The van der Waals surface area contributed by atoms with E-state index < -0.39 is 10.0 Å². The molecule has 1 amide bonds. The van der Waals surface area contributed by atoms with E-state index in [1.165, 1.54) is 10.4 Å². The van der Waals surface area contributed by atoms with E-state index in [1.54, 1.807) is 32.9 Å². The second-order valence-electron chi connectivity index (χ2n) is 3.83. The van der Waals surface area contributed by atoms with E-state index in [2.05, 4.69) is 5.32 Å². The van der Waals surface area contributed by atoms with Crippen LogP contribution in [-0.2, 0) is 14.8 Å². The van der Waals surface area contributed by atoms with E-state index >= 15 is 0 Å². The SMILES string of the molecule is CCN(CC)S(=O)(=O)c1ccc(C)c(NC=O)c1. The van der Waals surface area contributed by atoms with Gasteiger partial charge >= 0.3 is 0 Å². The van der Waals surface area contributed by atoms with Gasteiger partial charge in [0.2, 0.25) is 16.4 Å². The van der Waals surface area contributed by atoms with Crippen molar-refractivity contribution in [3.63, 3.8) is 0 Å². The molecule has 0 atom stereocenters. The first kappa shape index (κ1) is 14.7. The molecule has 0 aliphatic carbocycles. The minimum atomic E-state index is -3.48. The highest BCUT2D eigenvalue weighted by atomic mass is 32.2. The highest BCUT2D eigenvalue weighted by Gasteiger charge is 2.22. The summed E-state index contributed by atoms with van der Waals surface area (Å²) in [7, 11) is -3.48. The fourth-order valence-electron chi connectivity index (χ4n) is 1.69. The predicted octanol–water partition coefficient (Wildman–Crippen LogP) is 1.59. The van der Waals surface area contributed by atoms with Crippen molar-refractivity contribution < 1.29 is 13.2 Å². The molecule has 5 nitrogen and oxygen atoms in total. The Morgan fingerprint density at radius 3 is 2.39 bits per heavy atom. The molecule has 1 aromatic carbocycles. The molecule has 100 valence electrons. The van der Waals surface area contributed by atoms with Crippen LogP contribution in [-0.4, -0.2) is 32.2 Å². The molecule has 0 bridgehead atoms. The van der Waals surface area contributed by atoms with E-state index in [0.29, 0.717) is 25.2 Å². The molecule has 0 saturated carbocycles. The van der Waals surface area contributed by atoms with Gasteiger partial charge in [-0.05, 0) is 24.6 Å². The van der Waals surface area contributed by atoms with Crippen LogP contribution in [0.25, 0.3) is 0 Å². The number of sulfonamides is 1. The van der Waals surface area contributed by atoms with Crippen LogP contribution in [0.5, 0.6) is 0 Å². The molecule has 6 heteroatoms. The number of hydrogen-bond donors (Lipinski definition) is 1. The van der Waals surface area contributed by atoms with E-state index in [4.69, 9.17) is 0 Å². The molecule has 0 aliphatic rings. The van der Waals surface area contributed by atoms with Gasteiger partial charge < -0.3 is 5.32 Å². The summed E-state index contributed by atoms with van der Waals surface area (Å²) in [4.78, 5) is 10.7. The number of rotatable bonds is 6. The number of nitrogens with zero attached hydrogens (tertiary/aromatic N) is 1. The molecule has 0 spiro atoms. The number of nitrogens with one attached hydrogen (secondary N) is 1. The van der Waals surface area contributed by atoms with Gasteiger partial charge in [-0.3, -0.25) is 4.79 Å². The van der Waals surface area contributed by atoms with Gasteiger partial charge in [0, 0.05) is 18.8 Å². The third kappa shape index (κ3) is 2.88. The van der Waals surface area contributed by atoms with Gasteiger partial charge in [-0.15, -0.1) is 0 Å². The van der Waals surface area contributed by atoms with Crippen LogP contribution in [0, 0.1) is 6.92 Å². The van der Waals surface area contributed by atoms with Gasteiger partial charge in [-0.1, -0.05) is 19.9 Å². The number of benzene rings is 1. The zero-order valence-electron chi connectivity index (χ0n) is 10.8. The summed E-state index contributed by atoms with van der Waals surface area (Å²) in [6, 6.07) is 4.72.